The molecule has 6 heteroatoms. The van der Waals surface area contributed by atoms with Crippen molar-refractivity contribution in [2.75, 3.05) is 19.7 Å². The zero-order valence-electron chi connectivity index (χ0n) is 20.4. The number of halogens is 1. The summed E-state index contributed by atoms with van der Waals surface area (Å²) in [5, 5.41) is 3.07. The van der Waals surface area contributed by atoms with Crippen LogP contribution in [0.3, 0.4) is 0 Å². The molecule has 0 aliphatic carbocycles. The molecule has 0 spiro atoms. The smallest absolute Gasteiger partial charge is 0.355 e. The molecule has 1 aromatic rings. The molecule has 0 aliphatic heterocycles. The zero-order valence-corrected chi connectivity index (χ0v) is 21.1. The van der Waals surface area contributed by atoms with Crippen LogP contribution in [-0.2, 0) is 21.1 Å². The lowest BCUT2D eigenvalue weighted by molar-refractivity contribution is -0.695. The first-order chi connectivity index (χ1) is 15.3. The van der Waals surface area contributed by atoms with Gasteiger partial charge in [-0.05, 0) is 6.42 Å². The quantitative estimate of drug-likeness (QED) is 0.122. The zero-order chi connectivity index (χ0) is 22.2. The number of aromatic nitrogens is 1. The number of nitrogens with one attached hydrogen (secondary N) is 1. The van der Waals surface area contributed by atoms with Gasteiger partial charge in [-0.25, -0.2) is 9.36 Å². The minimum atomic E-state index is -0.362. The normalized spacial score (nSPS) is 10.7. The van der Waals surface area contributed by atoms with Gasteiger partial charge in [-0.15, -0.1) is 0 Å². The van der Waals surface area contributed by atoms with E-state index in [1.807, 2.05) is 30.6 Å². The molecule has 0 radical (unpaired) electrons. The molecule has 0 aromatic carbocycles. The lowest BCUT2D eigenvalue weighted by atomic mass is 10.0. The molecule has 186 valence electrons. The fourth-order valence-electron chi connectivity index (χ4n) is 3.65. The van der Waals surface area contributed by atoms with Crippen molar-refractivity contribution in [2.45, 2.75) is 110 Å². The lowest BCUT2D eigenvalue weighted by Crippen LogP contribution is -3.00. The van der Waals surface area contributed by atoms with E-state index in [9.17, 15) is 4.79 Å². The maximum Gasteiger partial charge on any atom is 0.355 e. The van der Waals surface area contributed by atoms with Crippen LogP contribution in [0.4, 0.5) is 0 Å². The van der Waals surface area contributed by atoms with Crippen molar-refractivity contribution in [3.8, 4) is 0 Å². The standard InChI is InChI=1S/C26H47N2O3.ClH/c1-2-3-4-5-6-7-8-9-10-11-12-13-14-15-19-24-30-31-26(29)25-27-20-23-28-21-17-16-18-22-28;/h16-18,21-22,27H,2-15,19-20,23-25H2,1H3;1H/q+1;/p-1. The molecule has 0 unspecified atom stereocenters. The highest BCUT2D eigenvalue weighted by Gasteiger charge is 2.04. The Morgan fingerprint density at radius 3 is 1.78 bits per heavy atom. The SMILES string of the molecule is CCCCCCCCCCCCCCCCCOOC(=O)CNCC[n+]1ccccc1.[Cl-]. The number of hydrogen-bond acceptors (Lipinski definition) is 4. The van der Waals surface area contributed by atoms with Crippen molar-refractivity contribution >= 4 is 5.97 Å². The van der Waals surface area contributed by atoms with Crippen LogP contribution in [0.25, 0.3) is 0 Å². The summed E-state index contributed by atoms with van der Waals surface area (Å²) < 4.78 is 2.06. The second-order valence-electron chi connectivity index (χ2n) is 8.52. The van der Waals surface area contributed by atoms with Crippen molar-refractivity contribution < 1.29 is 31.5 Å². The van der Waals surface area contributed by atoms with Crippen molar-refractivity contribution in [1.29, 1.82) is 0 Å². The van der Waals surface area contributed by atoms with Crippen LogP contribution in [-0.4, -0.2) is 25.7 Å². The van der Waals surface area contributed by atoms with Crippen LogP contribution in [0.5, 0.6) is 0 Å². The van der Waals surface area contributed by atoms with E-state index in [0.29, 0.717) is 13.2 Å². The van der Waals surface area contributed by atoms with Crippen molar-refractivity contribution in [3.05, 3.63) is 30.6 Å². The fraction of sp³-hybridized carbons (Fsp3) is 0.769. The van der Waals surface area contributed by atoms with E-state index in [-0.39, 0.29) is 24.9 Å². The Bertz CT molecular complexity index is 517. The molecule has 0 atom stereocenters. The Morgan fingerprint density at radius 1 is 0.750 bits per heavy atom. The molecular weight excluding hydrogens is 424 g/mol. The second-order valence-corrected chi connectivity index (χ2v) is 8.52. The molecule has 0 amide bonds. The predicted octanol–water partition coefficient (Wildman–Crippen LogP) is 2.91. The molecule has 0 saturated carbocycles. The molecule has 0 bridgehead atoms. The Labute approximate surface area is 203 Å². The molecule has 5 nitrogen and oxygen atoms in total. The molecule has 0 saturated heterocycles. The van der Waals surface area contributed by atoms with E-state index < -0.39 is 0 Å². The Morgan fingerprint density at radius 2 is 1.25 bits per heavy atom. The van der Waals surface area contributed by atoms with Crippen molar-refractivity contribution in [1.82, 2.24) is 5.32 Å². The van der Waals surface area contributed by atoms with E-state index >= 15 is 0 Å². The summed E-state index contributed by atoms with van der Waals surface area (Å²) in [6.07, 6.45) is 24.0. The third-order valence-corrected chi connectivity index (χ3v) is 5.58. The van der Waals surface area contributed by atoms with Gasteiger partial charge in [-0.2, -0.15) is 4.89 Å². The predicted molar refractivity (Wildman–Crippen MR) is 126 cm³/mol. The topological polar surface area (TPSA) is 51.4 Å². The Balaban J connectivity index is 0.00000961. The van der Waals surface area contributed by atoms with Gasteiger partial charge in [0, 0.05) is 12.1 Å². The van der Waals surface area contributed by atoms with Gasteiger partial charge >= 0.3 is 5.97 Å². The summed E-state index contributed by atoms with van der Waals surface area (Å²) in [5.41, 5.74) is 0. The third-order valence-electron chi connectivity index (χ3n) is 5.58. The summed E-state index contributed by atoms with van der Waals surface area (Å²) in [6.45, 7) is 4.46. The highest BCUT2D eigenvalue weighted by molar-refractivity contribution is 5.70. The highest BCUT2D eigenvalue weighted by Crippen LogP contribution is 2.13. The minimum Gasteiger partial charge on any atom is -1.00 e. The van der Waals surface area contributed by atoms with Gasteiger partial charge in [0.1, 0.15) is 0 Å². The first kappa shape index (κ1) is 30.8. The fourth-order valence-corrected chi connectivity index (χ4v) is 3.65. The summed E-state index contributed by atoms with van der Waals surface area (Å²) in [4.78, 5) is 21.4. The van der Waals surface area contributed by atoms with Crippen LogP contribution < -0.4 is 22.3 Å². The molecule has 0 aliphatic rings. The van der Waals surface area contributed by atoms with Crippen molar-refractivity contribution in [3.63, 3.8) is 0 Å². The molecule has 32 heavy (non-hydrogen) atoms. The molecule has 1 heterocycles. The summed E-state index contributed by atoms with van der Waals surface area (Å²) in [7, 11) is 0. The number of rotatable bonds is 22. The van der Waals surface area contributed by atoms with E-state index in [4.69, 9.17) is 9.78 Å². The molecule has 1 rings (SSSR count). The van der Waals surface area contributed by atoms with Crippen LogP contribution in [0.1, 0.15) is 103 Å². The lowest BCUT2D eigenvalue weighted by Gasteiger charge is -2.05. The first-order valence-corrected chi connectivity index (χ1v) is 12.8. The molecule has 1 N–H and O–H groups in total. The molecule has 1 aromatic heterocycles. The van der Waals surface area contributed by atoms with Gasteiger partial charge in [0.25, 0.3) is 0 Å². The average Bonchev–Trinajstić information content (AvgIpc) is 2.79. The van der Waals surface area contributed by atoms with E-state index in [1.165, 1.54) is 83.5 Å². The van der Waals surface area contributed by atoms with Crippen LogP contribution >= 0.6 is 0 Å². The first-order valence-electron chi connectivity index (χ1n) is 12.8. The number of unbranched alkanes of at least 4 members (excludes halogenated alkanes) is 14. The second kappa shape index (κ2) is 24.5. The van der Waals surface area contributed by atoms with E-state index in [2.05, 4.69) is 16.8 Å². The largest absolute Gasteiger partial charge is 1.00 e. The minimum absolute atomic E-state index is 0. The maximum atomic E-state index is 11.6. The van der Waals surface area contributed by atoms with Gasteiger partial charge in [0.2, 0.25) is 0 Å². The maximum absolute atomic E-state index is 11.6. The number of carbonyl (C=O) groups excluding carboxylic acids is 1. The van der Waals surface area contributed by atoms with Gasteiger partial charge in [0.05, 0.1) is 19.7 Å². The van der Waals surface area contributed by atoms with E-state index in [1.54, 1.807) is 0 Å². The van der Waals surface area contributed by atoms with Crippen LogP contribution in [0, 0.1) is 0 Å². The monoisotopic (exact) mass is 470 g/mol. The Hall–Kier alpha value is -1.17. The summed E-state index contributed by atoms with van der Waals surface area (Å²) in [6, 6.07) is 5.96. The number of nitrogens with zero attached hydrogens (tertiary/aromatic N) is 1. The van der Waals surface area contributed by atoms with Crippen LogP contribution in [0.2, 0.25) is 0 Å². The van der Waals surface area contributed by atoms with Gasteiger partial charge in [-0.3, -0.25) is 4.89 Å². The van der Waals surface area contributed by atoms with Gasteiger partial charge in [0.15, 0.2) is 18.9 Å². The number of pyridine rings is 1. The van der Waals surface area contributed by atoms with Crippen molar-refractivity contribution in [2.24, 2.45) is 0 Å². The third kappa shape index (κ3) is 20.7. The average molecular weight is 471 g/mol. The van der Waals surface area contributed by atoms with Gasteiger partial charge < -0.3 is 17.7 Å². The van der Waals surface area contributed by atoms with E-state index in [0.717, 1.165) is 19.4 Å². The highest BCUT2D eigenvalue weighted by atomic mass is 35.5. The van der Waals surface area contributed by atoms with Crippen LogP contribution in [0.15, 0.2) is 30.6 Å². The Kier molecular flexibility index (Phi) is 23.6. The molecular formula is C26H47ClN2O3. The van der Waals surface area contributed by atoms with Gasteiger partial charge in [-0.1, -0.05) is 103 Å². The number of hydrogen-bond donors (Lipinski definition) is 1. The number of carbonyl (C=O) groups is 1. The summed E-state index contributed by atoms with van der Waals surface area (Å²) >= 11 is 0. The summed E-state index contributed by atoms with van der Waals surface area (Å²) in [5.74, 6) is -0.362. The molecule has 0 fully saturated rings.